The summed E-state index contributed by atoms with van der Waals surface area (Å²) in [5.74, 6) is 0.841. The molecule has 1 saturated heterocycles. The van der Waals surface area contributed by atoms with Crippen LogP contribution in [0.3, 0.4) is 0 Å². The fourth-order valence-electron chi connectivity index (χ4n) is 2.39. The van der Waals surface area contributed by atoms with Crippen LogP contribution in [0.5, 0.6) is 0 Å². The highest BCUT2D eigenvalue weighted by Crippen LogP contribution is 2.02. The van der Waals surface area contributed by atoms with E-state index in [1.165, 1.54) is 0 Å². The summed E-state index contributed by atoms with van der Waals surface area (Å²) in [6, 6.07) is 6.35. The molecule has 6 nitrogen and oxygen atoms in total. The van der Waals surface area contributed by atoms with Gasteiger partial charge in [-0.25, -0.2) is 4.99 Å². The van der Waals surface area contributed by atoms with Gasteiger partial charge in [-0.3, -0.25) is 9.88 Å². The van der Waals surface area contributed by atoms with Crippen molar-refractivity contribution in [2.45, 2.75) is 26.4 Å². The van der Waals surface area contributed by atoms with Gasteiger partial charge in [0.15, 0.2) is 5.96 Å². The zero-order valence-electron chi connectivity index (χ0n) is 13.6. The normalized spacial score (nSPS) is 18.0. The lowest BCUT2D eigenvalue weighted by Gasteiger charge is -2.32. The predicted molar refractivity (Wildman–Crippen MR) is 88.9 cm³/mol. The minimum absolute atomic E-state index is 0.461. The van der Waals surface area contributed by atoms with Crippen molar-refractivity contribution in [3.8, 4) is 0 Å². The van der Waals surface area contributed by atoms with Gasteiger partial charge in [0.2, 0.25) is 0 Å². The van der Waals surface area contributed by atoms with Gasteiger partial charge in [-0.05, 0) is 26.0 Å². The fourth-order valence-corrected chi connectivity index (χ4v) is 2.39. The second-order valence-corrected chi connectivity index (χ2v) is 5.39. The summed E-state index contributed by atoms with van der Waals surface area (Å²) in [4.78, 5) is 11.3. The van der Waals surface area contributed by atoms with Gasteiger partial charge >= 0.3 is 0 Å². The Bertz CT molecular complexity index is 445. The average molecular weight is 305 g/mol. The topological polar surface area (TPSA) is 61.8 Å². The maximum absolute atomic E-state index is 5.40. The molecule has 1 unspecified atom stereocenters. The van der Waals surface area contributed by atoms with Crippen molar-refractivity contribution in [2.24, 2.45) is 4.99 Å². The van der Waals surface area contributed by atoms with E-state index < -0.39 is 0 Å². The van der Waals surface area contributed by atoms with Crippen LogP contribution in [0.2, 0.25) is 0 Å². The zero-order valence-corrected chi connectivity index (χ0v) is 13.6. The maximum Gasteiger partial charge on any atom is 0.191 e. The highest BCUT2D eigenvalue weighted by molar-refractivity contribution is 5.79. The van der Waals surface area contributed by atoms with Gasteiger partial charge in [0.05, 0.1) is 25.5 Å². The molecule has 2 heterocycles. The monoisotopic (exact) mass is 305 g/mol. The van der Waals surface area contributed by atoms with E-state index in [1.54, 1.807) is 6.20 Å². The average Bonchev–Trinajstić information content (AvgIpc) is 2.59. The SMILES string of the molecule is CCNC(=NCc1ccccn1)NCC(C)N1CCOCC1. The second kappa shape index (κ2) is 9.38. The molecule has 22 heavy (non-hydrogen) atoms. The molecule has 0 amide bonds. The Morgan fingerprint density at radius 3 is 2.86 bits per heavy atom. The molecular formula is C16H27N5O. The lowest BCUT2D eigenvalue weighted by Crippen LogP contribution is -2.49. The summed E-state index contributed by atoms with van der Waals surface area (Å²) in [5.41, 5.74) is 0.973. The Labute approximate surface area is 133 Å². The third kappa shape index (κ3) is 5.61. The summed E-state index contributed by atoms with van der Waals surface area (Å²) >= 11 is 0. The number of guanidine groups is 1. The molecule has 0 saturated carbocycles. The molecule has 0 bridgehead atoms. The highest BCUT2D eigenvalue weighted by Gasteiger charge is 2.16. The molecule has 0 aliphatic carbocycles. The van der Waals surface area contributed by atoms with Crippen molar-refractivity contribution in [2.75, 3.05) is 39.4 Å². The molecule has 1 aromatic heterocycles. The summed E-state index contributed by atoms with van der Waals surface area (Å²) in [5, 5.41) is 6.70. The van der Waals surface area contributed by atoms with E-state index in [4.69, 9.17) is 4.74 Å². The van der Waals surface area contributed by atoms with Crippen LogP contribution in [0.15, 0.2) is 29.4 Å². The van der Waals surface area contributed by atoms with Crippen molar-refractivity contribution in [1.82, 2.24) is 20.5 Å². The van der Waals surface area contributed by atoms with E-state index in [0.29, 0.717) is 12.6 Å². The van der Waals surface area contributed by atoms with Crippen LogP contribution < -0.4 is 10.6 Å². The van der Waals surface area contributed by atoms with E-state index in [9.17, 15) is 0 Å². The van der Waals surface area contributed by atoms with E-state index in [2.05, 4.69) is 39.4 Å². The summed E-state index contributed by atoms with van der Waals surface area (Å²) < 4.78 is 5.40. The number of rotatable bonds is 6. The second-order valence-electron chi connectivity index (χ2n) is 5.39. The van der Waals surface area contributed by atoms with Gasteiger partial charge in [0.25, 0.3) is 0 Å². The third-order valence-corrected chi connectivity index (χ3v) is 3.70. The number of aromatic nitrogens is 1. The first-order valence-electron chi connectivity index (χ1n) is 8.03. The molecule has 2 rings (SSSR count). The van der Waals surface area contributed by atoms with E-state index in [0.717, 1.165) is 51.0 Å². The number of nitrogens with zero attached hydrogens (tertiary/aromatic N) is 3. The summed E-state index contributed by atoms with van der Waals surface area (Å²) in [6.45, 7) is 10.3. The number of hydrogen-bond donors (Lipinski definition) is 2. The lowest BCUT2D eigenvalue weighted by molar-refractivity contribution is 0.0211. The molecular weight excluding hydrogens is 278 g/mol. The van der Waals surface area contributed by atoms with Crippen molar-refractivity contribution in [1.29, 1.82) is 0 Å². The van der Waals surface area contributed by atoms with Gasteiger partial charge in [0.1, 0.15) is 0 Å². The molecule has 1 aromatic rings. The zero-order chi connectivity index (χ0) is 15.6. The molecule has 0 radical (unpaired) electrons. The summed E-state index contributed by atoms with van der Waals surface area (Å²) in [7, 11) is 0. The van der Waals surface area contributed by atoms with Crippen LogP contribution in [0.25, 0.3) is 0 Å². The van der Waals surface area contributed by atoms with Crippen LogP contribution >= 0.6 is 0 Å². The first kappa shape index (κ1) is 16.7. The number of pyridine rings is 1. The number of aliphatic imine (C=N–C) groups is 1. The molecule has 1 atom stereocenters. The Kier molecular flexibility index (Phi) is 7.12. The van der Waals surface area contributed by atoms with Crippen LogP contribution in [-0.4, -0.2) is 61.3 Å². The van der Waals surface area contributed by atoms with Crippen LogP contribution in [-0.2, 0) is 11.3 Å². The van der Waals surface area contributed by atoms with Crippen molar-refractivity contribution in [3.63, 3.8) is 0 Å². The molecule has 122 valence electrons. The quantitative estimate of drug-likeness (QED) is 0.603. The van der Waals surface area contributed by atoms with E-state index >= 15 is 0 Å². The van der Waals surface area contributed by atoms with E-state index in [-0.39, 0.29) is 0 Å². The van der Waals surface area contributed by atoms with Crippen LogP contribution in [0.4, 0.5) is 0 Å². The standard InChI is InChI=1S/C16H27N5O/c1-3-17-16(20-13-15-6-4-5-7-18-15)19-12-14(2)21-8-10-22-11-9-21/h4-7,14H,3,8-13H2,1-2H3,(H2,17,19,20). The maximum atomic E-state index is 5.40. The molecule has 1 aliphatic heterocycles. The van der Waals surface area contributed by atoms with Crippen LogP contribution in [0.1, 0.15) is 19.5 Å². The van der Waals surface area contributed by atoms with Crippen molar-refractivity contribution >= 4 is 5.96 Å². The molecule has 0 aromatic carbocycles. The number of hydrogen-bond acceptors (Lipinski definition) is 4. The van der Waals surface area contributed by atoms with Gasteiger partial charge in [-0.15, -0.1) is 0 Å². The number of ether oxygens (including phenoxy) is 1. The fraction of sp³-hybridized carbons (Fsp3) is 0.625. The van der Waals surface area contributed by atoms with Gasteiger partial charge in [-0.1, -0.05) is 6.07 Å². The smallest absolute Gasteiger partial charge is 0.191 e. The Balaban J connectivity index is 1.82. The molecule has 0 spiro atoms. The first-order valence-corrected chi connectivity index (χ1v) is 8.03. The minimum Gasteiger partial charge on any atom is -0.379 e. The Morgan fingerprint density at radius 1 is 1.36 bits per heavy atom. The van der Waals surface area contributed by atoms with Crippen molar-refractivity contribution in [3.05, 3.63) is 30.1 Å². The van der Waals surface area contributed by atoms with Crippen LogP contribution in [0, 0.1) is 0 Å². The molecule has 1 fully saturated rings. The predicted octanol–water partition coefficient (Wildman–Crippen LogP) is 0.857. The Morgan fingerprint density at radius 2 is 2.18 bits per heavy atom. The highest BCUT2D eigenvalue weighted by atomic mass is 16.5. The summed E-state index contributed by atoms with van der Waals surface area (Å²) in [6.07, 6.45) is 1.80. The minimum atomic E-state index is 0.461. The third-order valence-electron chi connectivity index (χ3n) is 3.70. The van der Waals surface area contributed by atoms with Crippen molar-refractivity contribution < 1.29 is 4.74 Å². The molecule has 2 N–H and O–H groups in total. The van der Waals surface area contributed by atoms with Gasteiger partial charge in [-0.2, -0.15) is 0 Å². The Hall–Kier alpha value is -1.66. The number of nitrogens with one attached hydrogen (secondary N) is 2. The molecule has 6 heteroatoms. The largest absolute Gasteiger partial charge is 0.379 e. The first-order chi connectivity index (χ1) is 10.8. The lowest BCUT2D eigenvalue weighted by atomic mass is 10.2. The number of morpholine rings is 1. The van der Waals surface area contributed by atoms with E-state index in [1.807, 2.05) is 18.2 Å². The molecule has 1 aliphatic rings. The van der Waals surface area contributed by atoms with Gasteiger partial charge in [0, 0.05) is 38.4 Å². The van der Waals surface area contributed by atoms with Gasteiger partial charge < -0.3 is 15.4 Å².